The molecule has 0 saturated carbocycles. The minimum Gasteiger partial charge on any atom is -0.391 e. The third-order valence-electron chi connectivity index (χ3n) is 5.24. The van der Waals surface area contributed by atoms with Gasteiger partial charge in [-0.25, -0.2) is 0 Å². The number of fused-ring (bicyclic) bond motifs is 1. The summed E-state index contributed by atoms with van der Waals surface area (Å²) >= 11 is 0. The van der Waals surface area contributed by atoms with Gasteiger partial charge in [-0.3, -0.25) is 9.78 Å². The first kappa shape index (κ1) is 19.4. The number of aryl methyl sites for hydroxylation is 1. The van der Waals surface area contributed by atoms with Crippen molar-refractivity contribution in [1.82, 2.24) is 9.88 Å². The summed E-state index contributed by atoms with van der Waals surface area (Å²) in [6.45, 7) is 1.93. The van der Waals surface area contributed by atoms with E-state index in [-0.39, 0.29) is 18.9 Å². The Morgan fingerprint density at radius 3 is 2.52 bits per heavy atom. The fraction of sp³-hybridized carbons (Fsp3) is 0.273. The van der Waals surface area contributed by atoms with Crippen LogP contribution in [0, 0.1) is 6.92 Å². The zero-order chi connectivity index (χ0) is 20.8. The van der Waals surface area contributed by atoms with Gasteiger partial charge in [-0.05, 0) is 43.2 Å². The molecule has 1 aromatic heterocycles. The Morgan fingerprint density at radius 1 is 1.14 bits per heavy atom. The lowest BCUT2D eigenvalue weighted by Crippen LogP contribution is -2.32. The molecule has 150 valence electrons. The second kappa shape index (κ2) is 7.15. The van der Waals surface area contributed by atoms with Gasteiger partial charge in [-0.2, -0.15) is 13.2 Å². The molecule has 1 aliphatic heterocycles. The van der Waals surface area contributed by atoms with E-state index < -0.39 is 23.9 Å². The molecule has 2 heterocycles. The molecule has 4 rings (SSSR count). The van der Waals surface area contributed by atoms with Crippen LogP contribution in [0.4, 0.5) is 13.2 Å². The molecule has 0 spiro atoms. The third kappa shape index (κ3) is 3.70. The smallest absolute Gasteiger partial charge is 0.391 e. The summed E-state index contributed by atoms with van der Waals surface area (Å²) in [7, 11) is 0. The van der Waals surface area contributed by atoms with Crippen molar-refractivity contribution >= 4 is 16.8 Å². The number of aliphatic hydroxyl groups is 1. The number of pyridine rings is 1. The molecule has 7 heteroatoms. The fourth-order valence-corrected chi connectivity index (χ4v) is 3.89. The van der Waals surface area contributed by atoms with E-state index in [1.165, 1.54) is 17.0 Å². The number of hydrogen-bond donors (Lipinski definition) is 1. The number of carbonyl (C=O) groups is 1. The highest BCUT2D eigenvalue weighted by atomic mass is 19.4. The minimum atomic E-state index is -4.42. The van der Waals surface area contributed by atoms with Crippen LogP contribution in [0.25, 0.3) is 10.9 Å². The lowest BCUT2D eigenvalue weighted by molar-refractivity contribution is -0.137. The molecule has 1 saturated heterocycles. The molecule has 2 atom stereocenters. The van der Waals surface area contributed by atoms with Crippen LogP contribution >= 0.6 is 0 Å². The molecular weight excluding hydrogens is 381 g/mol. The highest BCUT2D eigenvalue weighted by molar-refractivity contribution is 6.06. The summed E-state index contributed by atoms with van der Waals surface area (Å²) in [5.41, 5.74) is 1.69. The Morgan fingerprint density at radius 2 is 1.83 bits per heavy atom. The van der Waals surface area contributed by atoms with E-state index in [4.69, 9.17) is 0 Å². The van der Waals surface area contributed by atoms with Gasteiger partial charge in [0.05, 0.1) is 28.8 Å². The fourth-order valence-electron chi connectivity index (χ4n) is 3.89. The largest absolute Gasteiger partial charge is 0.416 e. The molecule has 0 bridgehead atoms. The van der Waals surface area contributed by atoms with Crippen molar-refractivity contribution in [1.29, 1.82) is 0 Å². The number of nitrogens with zero attached hydrogens (tertiary/aromatic N) is 2. The molecule has 1 fully saturated rings. The topological polar surface area (TPSA) is 53.4 Å². The van der Waals surface area contributed by atoms with Gasteiger partial charge < -0.3 is 10.0 Å². The normalized spacial score (nSPS) is 19.7. The van der Waals surface area contributed by atoms with Crippen LogP contribution in [0.1, 0.15) is 39.6 Å². The Bertz CT molecular complexity index is 1060. The quantitative estimate of drug-likeness (QED) is 0.689. The standard InChI is InChI=1S/C22H19F3N2O2/c1-13-10-18(17-4-2-3-5-19(17)26-13)21(29)27-12-16(28)11-20(27)14-6-8-15(9-7-14)22(23,24)25/h2-10,16,20,28H,11-12H2,1H3/t16-,20-/m1/s1. The first-order chi connectivity index (χ1) is 13.7. The maximum Gasteiger partial charge on any atom is 0.416 e. The van der Waals surface area contributed by atoms with Gasteiger partial charge in [-0.1, -0.05) is 30.3 Å². The van der Waals surface area contributed by atoms with Crippen molar-refractivity contribution in [3.63, 3.8) is 0 Å². The Kier molecular flexibility index (Phi) is 4.78. The van der Waals surface area contributed by atoms with E-state index in [0.717, 1.165) is 12.1 Å². The number of β-amino-alcohol motifs (C(OH)–C–C–N with tert-alkyl or cyclic N) is 1. The first-order valence-corrected chi connectivity index (χ1v) is 9.26. The molecular formula is C22H19F3N2O2. The summed E-state index contributed by atoms with van der Waals surface area (Å²) in [5.74, 6) is -0.270. The van der Waals surface area contributed by atoms with Crippen LogP contribution < -0.4 is 0 Å². The van der Waals surface area contributed by atoms with Gasteiger partial charge >= 0.3 is 6.18 Å². The highest BCUT2D eigenvalue weighted by Gasteiger charge is 2.37. The highest BCUT2D eigenvalue weighted by Crippen LogP contribution is 2.36. The third-order valence-corrected chi connectivity index (χ3v) is 5.24. The number of para-hydroxylation sites is 1. The summed E-state index contributed by atoms with van der Waals surface area (Å²) in [6.07, 6.45) is -4.88. The molecule has 0 aliphatic carbocycles. The summed E-state index contributed by atoms with van der Waals surface area (Å²) in [5, 5.41) is 10.9. The Balaban J connectivity index is 1.71. The van der Waals surface area contributed by atoms with E-state index in [1.807, 2.05) is 24.3 Å². The average Bonchev–Trinajstić information content (AvgIpc) is 3.08. The lowest BCUT2D eigenvalue weighted by Gasteiger charge is -2.26. The van der Waals surface area contributed by atoms with Crippen LogP contribution in [-0.4, -0.2) is 33.5 Å². The van der Waals surface area contributed by atoms with Gasteiger partial charge in [0.15, 0.2) is 0 Å². The molecule has 3 aromatic rings. The summed E-state index contributed by atoms with van der Waals surface area (Å²) < 4.78 is 38.6. The molecule has 2 aromatic carbocycles. The molecule has 4 nitrogen and oxygen atoms in total. The van der Waals surface area contributed by atoms with Gasteiger partial charge in [0, 0.05) is 17.6 Å². The maximum atomic E-state index is 13.4. The monoisotopic (exact) mass is 400 g/mol. The van der Waals surface area contributed by atoms with Crippen molar-refractivity contribution in [2.45, 2.75) is 31.7 Å². The molecule has 29 heavy (non-hydrogen) atoms. The van der Waals surface area contributed by atoms with Crippen molar-refractivity contribution in [3.8, 4) is 0 Å². The minimum absolute atomic E-state index is 0.125. The van der Waals surface area contributed by atoms with Crippen molar-refractivity contribution < 1.29 is 23.1 Å². The number of carbonyl (C=O) groups excluding carboxylic acids is 1. The SMILES string of the molecule is Cc1cc(C(=O)N2C[C@H](O)C[C@@H]2c2ccc(C(F)(F)F)cc2)c2ccccc2n1. The number of rotatable bonds is 2. The number of amides is 1. The van der Waals surface area contributed by atoms with Crippen LogP contribution in [-0.2, 0) is 6.18 Å². The Labute approximate surface area is 165 Å². The van der Waals surface area contributed by atoms with Crippen LogP contribution in [0.15, 0.2) is 54.6 Å². The van der Waals surface area contributed by atoms with E-state index >= 15 is 0 Å². The van der Waals surface area contributed by atoms with Gasteiger partial charge in [0.1, 0.15) is 0 Å². The van der Waals surface area contributed by atoms with Crippen molar-refractivity contribution in [3.05, 3.63) is 77.0 Å². The molecule has 1 amide bonds. The van der Waals surface area contributed by atoms with Crippen molar-refractivity contribution in [2.24, 2.45) is 0 Å². The maximum absolute atomic E-state index is 13.4. The lowest BCUT2D eigenvalue weighted by atomic mass is 10.0. The van der Waals surface area contributed by atoms with E-state index in [2.05, 4.69) is 4.98 Å². The number of aromatic nitrogens is 1. The molecule has 1 aliphatic rings. The number of hydrogen-bond acceptors (Lipinski definition) is 3. The predicted molar refractivity (Wildman–Crippen MR) is 102 cm³/mol. The van der Waals surface area contributed by atoms with Crippen LogP contribution in [0.2, 0.25) is 0 Å². The van der Waals surface area contributed by atoms with Gasteiger partial charge in [0.25, 0.3) is 5.91 Å². The van der Waals surface area contributed by atoms with Gasteiger partial charge in [-0.15, -0.1) is 0 Å². The average molecular weight is 400 g/mol. The summed E-state index contributed by atoms with van der Waals surface area (Å²) in [6, 6.07) is 13.3. The Hall–Kier alpha value is -2.93. The first-order valence-electron chi connectivity index (χ1n) is 9.26. The zero-order valence-corrected chi connectivity index (χ0v) is 15.6. The predicted octanol–water partition coefficient (Wildman–Crippen LogP) is 4.51. The molecule has 0 unspecified atom stereocenters. The van der Waals surface area contributed by atoms with E-state index in [0.29, 0.717) is 27.7 Å². The number of alkyl halides is 3. The van der Waals surface area contributed by atoms with Crippen LogP contribution in [0.5, 0.6) is 0 Å². The van der Waals surface area contributed by atoms with E-state index in [9.17, 15) is 23.1 Å². The number of halogens is 3. The number of aliphatic hydroxyl groups excluding tert-OH is 1. The van der Waals surface area contributed by atoms with Crippen molar-refractivity contribution in [2.75, 3.05) is 6.54 Å². The molecule has 1 N–H and O–H groups in total. The van der Waals surface area contributed by atoms with E-state index in [1.54, 1.807) is 13.0 Å². The molecule has 0 radical (unpaired) electrons. The zero-order valence-electron chi connectivity index (χ0n) is 15.6. The summed E-state index contributed by atoms with van der Waals surface area (Å²) in [4.78, 5) is 19.4. The number of benzene rings is 2. The second-order valence-corrected chi connectivity index (χ2v) is 7.31. The second-order valence-electron chi connectivity index (χ2n) is 7.31. The number of likely N-dealkylation sites (tertiary alicyclic amines) is 1. The van der Waals surface area contributed by atoms with Crippen LogP contribution in [0.3, 0.4) is 0 Å². The van der Waals surface area contributed by atoms with Gasteiger partial charge in [0.2, 0.25) is 0 Å².